The number of hydrogen-bond acceptors (Lipinski definition) is 3. The molecule has 0 aliphatic heterocycles. The molecule has 0 amide bonds. The first-order valence-electron chi connectivity index (χ1n) is 4.38. The number of carbonyl (C=O) groups is 1. The fourth-order valence-electron chi connectivity index (χ4n) is 1.34. The lowest BCUT2D eigenvalue weighted by molar-refractivity contribution is 0.112. The van der Waals surface area contributed by atoms with Crippen LogP contribution in [0.2, 0.25) is 0 Å². The van der Waals surface area contributed by atoms with E-state index < -0.39 is 0 Å². The molecule has 76 valence electrons. The number of rotatable bonds is 2. The number of halogens is 1. The zero-order valence-electron chi connectivity index (χ0n) is 8.03. The van der Waals surface area contributed by atoms with Crippen LogP contribution in [0.1, 0.15) is 15.4 Å². The highest BCUT2D eigenvalue weighted by Gasteiger charge is 2.08. The van der Waals surface area contributed by atoms with Crippen molar-refractivity contribution in [1.82, 2.24) is 4.98 Å². The van der Waals surface area contributed by atoms with Crippen LogP contribution in [-0.4, -0.2) is 11.3 Å². The predicted molar refractivity (Wildman–Crippen MR) is 57.6 cm³/mol. The van der Waals surface area contributed by atoms with Crippen molar-refractivity contribution in [2.24, 2.45) is 0 Å². The maximum atomic E-state index is 13.0. The standard InChI is InChI=1S/C11H8FNOS/c1-7-13-11(6-15-7)10-4-9(12)3-2-8(10)5-14/h2-6H,1H3. The molecule has 0 aliphatic rings. The lowest BCUT2D eigenvalue weighted by Crippen LogP contribution is -1.89. The van der Waals surface area contributed by atoms with E-state index in [4.69, 9.17) is 0 Å². The van der Waals surface area contributed by atoms with Gasteiger partial charge >= 0.3 is 0 Å². The second kappa shape index (κ2) is 3.90. The average molecular weight is 221 g/mol. The number of thiazole rings is 1. The molecule has 2 nitrogen and oxygen atoms in total. The molecule has 0 bridgehead atoms. The van der Waals surface area contributed by atoms with E-state index in [9.17, 15) is 9.18 Å². The zero-order valence-corrected chi connectivity index (χ0v) is 8.84. The third-order valence-electron chi connectivity index (χ3n) is 2.04. The maximum absolute atomic E-state index is 13.0. The van der Waals surface area contributed by atoms with Crippen molar-refractivity contribution in [2.75, 3.05) is 0 Å². The number of aromatic nitrogens is 1. The Bertz CT molecular complexity index is 507. The van der Waals surface area contributed by atoms with Crippen LogP contribution in [-0.2, 0) is 0 Å². The molecule has 0 unspecified atom stereocenters. The minimum absolute atomic E-state index is 0.360. The van der Waals surface area contributed by atoms with Crippen LogP contribution in [0.25, 0.3) is 11.3 Å². The van der Waals surface area contributed by atoms with Gasteiger partial charge in [0.25, 0.3) is 0 Å². The summed E-state index contributed by atoms with van der Waals surface area (Å²) in [5.41, 5.74) is 1.66. The number of benzene rings is 1. The molecule has 15 heavy (non-hydrogen) atoms. The topological polar surface area (TPSA) is 30.0 Å². The van der Waals surface area contributed by atoms with E-state index in [0.717, 1.165) is 5.01 Å². The highest BCUT2D eigenvalue weighted by Crippen LogP contribution is 2.25. The van der Waals surface area contributed by atoms with Crippen molar-refractivity contribution in [3.63, 3.8) is 0 Å². The van der Waals surface area contributed by atoms with Crippen molar-refractivity contribution < 1.29 is 9.18 Å². The van der Waals surface area contributed by atoms with Crippen LogP contribution >= 0.6 is 11.3 Å². The molecular formula is C11H8FNOS. The predicted octanol–water partition coefficient (Wildman–Crippen LogP) is 3.07. The third kappa shape index (κ3) is 1.94. The normalized spacial score (nSPS) is 10.3. The zero-order chi connectivity index (χ0) is 10.8. The summed E-state index contributed by atoms with van der Waals surface area (Å²) in [7, 11) is 0. The Morgan fingerprint density at radius 3 is 2.87 bits per heavy atom. The van der Waals surface area contributed by atoms with Crippen LogP contribution in [0.5, 0.6) is 0 Å². The van der Waals surface area contributed by atoms with Gasteiger partial charge in [0.2, 0.25) is 0 Å². The molecule has 0 saturated heterocycles. The van der Waals surface area contributed by atoms with E-state index in [1.165, 1.54) is 29.5 Å². The molecule has 0 aliphatic carbocycles. The summed E-state index contributed by atoms with van der Waals surface area (Å²) in [5.74, 6) is -0.360. The smallest absolute Gasteiger partial charge is 0.150 e. The molecule has 0 spiro atoms. The molecule has 1 aromatic carbocycles. The van der Waals surface area contributed by atoms with Crippen molar-refractivity contribution in [2.45, 2.75) is 6.92 Å². The molecule has 0 fully saturated rings. The van der Waals surface area contributed by atoms with Crippen LogP contribution < -0.4 is 0 Å². The molecule has 0 radical (unpaired) electrons. The molecule has 4 heteroatoms. The summed E-state index contributed by atoms with van der Waals surface area (Å²) in [6.07, 6.45) is 0.712. The second-order valence-electron chi connectivity index (χ2n) is 3.10. The number of aryl methyl sites for hydroxylation is 1. The average Bonchev–Trinajstić information content (AvgIpc) is 2.65. The van der Waals surface area contributed by atoms with Gasteiger partial charge in [0, 0.05) is 16.5 Å². The van der Waals surface area contributed by atoms with Crippen LogP contribution in [0, 0.1) is 12.7 Å². The van der Waals surface area contributed by atoms with E-state index in [-0.39, 0.29) is 5.82 Å². The Labute approximate surface area is 90.4 Å². The fraction of sp³-hybridized carbons (Fsp3) is 0.0909. The Morgan fingerprint density at radius 2 is 2.27 bits per heavy atom. The first-order chi connectivity index (χ1) is 7.20. The van der Waals surface area contributed by atoms with Crippen molar-refractivity contribution >= 4 is 17.6 Å². The van der Waals surface area contributed by atoms with Gasteiger partial charge in [-0.05, 0) is 25.1 Å². The van der Waals surface area contributed by atoms with E-state index >= 15 is 0 Å². The highest BCUT2D eigenvalue weighted by atomic mass is 32.1. The van der Waals surface area contributed by atoms with Gasteiger partial charge in [0.15, 0.2) is 6.29 Å². The van der Waals surface area contributed by atoms with Gasteiger partial charge in [0.1, 0.15) is 5.82 Å². The molecular weight excluding hydrogens is 213 g/mol. The Kier molecular flexibility index (Phi) is 2.60. The highest BCUT2D eigenvalue weighted by molar-refractivity contribution is 7.09. The van der Waals surface area contributed by atoms with Gasteiger partial charge in [-0.1, -0.05) is 0 Å². The summed E-state index contributed by atoms with van der Waals surface area (Å²) in [6.45, 7) is 1.87. The van der Waals surface area contributed by atoms with Gasteiger partial charge in [-0.2, -0.15) is 0 Å². The monoisotopic (exact) mass is 221 g/mol. The van der Waals surface area contributed by atoms with Gasteiger partial charge in [-0.25, -0.2) is 9.37 Å². The first kappa shape index (κ1) is 9.98. The van der Waals surface area contributed by atoms with Crippen molar-refractivity contribution in [1.29, 1.82) is 0 Å². The molecule has 2 rings (SSSR count). The van der Waals surface area contributed by atoms with Crippen LogP contribution in [0.3, 0.4) is 0 Å². The molecule has 2 aromatic rings. The Morgan fingerprint density at radius 1 is 1.47 bits per heavy atom. The van der Waals surface area contributed by atoms with Gasteiger partial charge in [-0.15, -0.1) is 11.3 Å². The molecule has 1 heterocycles. The lowest BCUT2D eigenvalue weighted by atomic mass is 10.1. The third-order valence-corrected chi connectivity index (χ3v) is 2.81. The quantitative estimate of drug-likeness (QED) is 0.729. The molecule has 0 saturated carbocycles. The van der Waals surface area contributed by atoms with E-state index in [2.05, 4.69) is 4.98 Å². The summed E-state index contributed by atoms with van der Waals surface area (Å²) < 4.78 is 13.0. The van der Waals surface area contributed by atoms with Crippen molar-refractivity contribution in [3.05, 3.63) is 40.0 Å². The number of carbonyl (C=O) groups excluding carboxylic acids is 1. The van der Waals surface area contributed by atoms with Gasteiger partial charge < -0.3 is 0 Å². The van der Waals surface area contributed by atoms with Gasteiger partial charge in [0.05, 0.1) is 10.7 Å². The molecule has 1 aromatic heterocycles. The molecule has 0 N–H and O–H groups in total. The van der Waals surface area contributed by atoms with E-state index in [1.807, 2.05) is 12.3 Å². The summed E-state index contributed by atoms with van der Waals surface area (Å²) in [5, 5.41) is 2.71. The number of hydrogen-bond donors (Lipinski definition) is 0. The van der Waals surface area contributed by atoms with E-state index in [1.54, 1.807) is 0 Å². The van der Waals surface area contributed by atoms with Crippen LogP contribution in [0.4, 0.5) is 4.39 Å². The van der Waals surface area contributed by atoms with E-state index in [0.29, 0.717) is 23.1 Å². The molecule has 0 atom stereocenters. The summed E-state index contributed by atoms with van der Waals surface area (Å²) in [6, 6.07) is 4.07. The maximum Gasteiger partial charge on any atom is 0.150 e. The minimum Gasteiger partial charge on any atom is -0.298 e. The lowest BCUT2D eigenvalue weighted by Gasteiger charge is -2.00. The summed E-state index contributed by atoms with van der Waals surface area (Å²) in [4.78, 5) is 15.0. The minimum atomic E-state index is -0.360. The number of aldehydes is 1. The fourth-order valence-corrected chi connectivity index (χ4v) is 1.95. The number of nitrogens with zero attached hydrogens (tertiary/aromatic N) is 1. The SMILES string of the molecule is Cc1nc(-c2cc(F)ccc2C=O)cs1. The second-order valence-corrected chi connectivity index (χ2v) is 4.16. The Hall–Kier alpha value is -1.55. The van der Waals surface area contributed by atoms with Crippen molar-refractivity contribution in [3.8, 4) is 11.3 Å². The largest absolute Gasteiger partial charge is 0.298 e. The van der Waals surface area contributed by atoms with Crippen LogP contribution in [0.15, 0.2) is 23.6 Å². The Balaban J connectivity index is 2.59. The van der Waals surface area contributed by atoms with Gasteiger partial charge in [-0.3, -0.25) is 4.79 Å². The summed E-state index contributed by atoms with van der Waals surface area (Å²) >= 11 is 1.47. The first-order valence-corrected chi connectivity index (χ1v) is 5.26.